The number of ketones is 1. The number of hydrogen-bond acceptors (Lipinski definition) is 4. The van der Waals surface area contributed by atoms with Crippen molar-refractivity contribution in [3.05, 3.63) is 59.9 Å². The second-order valence-electron chi connectivity index (χ2n) is 4.46. The van der Waals surface area contributed by atoms with Gasteiger partial charge in [0.05, 0.1) is 4.90 Å². The summed E-state index contributed by atoms with van der Waals surface area (Å²) >= 11 is 0. The molecule has 0 N–H and O–H groups in total. The quantitative estimate of drug-likeness (QED) is 0.796. The monoisotopic (exact) mass is 308 g/mol. The van der Waals surface area contributed by atoms with Crippen LogP contribution in [0.2, 0.25) is 0 Å². The van der Waals surface area contributed by atoms with Gasteiger partial charge in [0.25, 0.3) is 0 Å². The lowest BCUT2D eigenvalue weighted by Crippen LogP contribution is -2.11. The first-order valence-corrected chi connectivity index (χ1v) is 7.97. The summed E-state index contributed by atoms with van der Waals surface area (Å²) in [6.45, 7) is -0.205. The predicted octanol–water partition coefficient (Wildman–Crippen LogP) is 2.49. The highest BCUT2D eigenvalue weighted by molar-refractivity contribution is 7.90. The van der Waals surface area contributed by atoms with Crippen molar-refractivity contribution in [3.8, 4) is 5.75 Å². The molecule has 0 radical (unpaired) electrons. The average Bonchev–Trinajstić information content (AvgIpc) is 2.45. The van der Waals surface area contributed by atoms with Gasteiger partial charge in [0.2, 0.25) is 0 Å². The highest BCUT2D eigenvalue weighted by Crippen LogP contribution is 2.13. The van der Waals surface area contributed by atoms with Gasteiger partial charge in [0, 0.05) is 11.8 Å². The maximum absolute atomic E-state index is 12.7. The second kappa shape index (κ2) is 6.05. The maximum atomic E-state index is 12.7. The molecule has 0 saturated carbocycles. The molecule has 21 heavy (non-hydrogen) atoms. The van der Waals surface area contributed by atoms with E-state index in [4.69, 9.17) is 4.74 Å². The predicted molar refractivity (Wildman–Crippen MR) is 75.8 cm³/mol. The highest BCUT2D eigenvalue weighted by atomic mass is 32.2. The zero-order valence-corrected chi connectivity index (χ0v) is 12.1. The number of benzene rings is 2. The minimum absolute atomic E-state index is 0.151. The zero-order chi connectivity index (χ0) is 15.5. The Hall–Kier alpha value is -2.21. The summed E-state index contributed by atoms with van der Waals surface area (Å²) in [5, 5.41) is 0. The number of carbonyl (C=O) groups excluding carboxylic acids is 1. The minimum atomic E-state index is -3.28. The summed E-state index contributed by atoms with van der Waals surface area (Å²) in [6, 6.07) is 11.0. The summed E-state index contributed by atoms with van der Waals surface area (Å²) < 4.78 is 40.6. The molecule has 2 rings (SSSR count). The number of ether oxygens (including phenoxy) is 1. The van der Waals surface area contributed by atoms with Gasteiger partial charge in [-0.2, -0.15) is 0 Å². The number of Topliss-reactive ketones (excluding diaryl/α,β-unsaturated/α-hetero) is 1. The Bertz CT molecular complexity index is 734. The van der Waals surface area contributed by atoms with Gasteiger partial charge in [-0.3, -0.25) is 4.79 Å². The van der Waals surface area contributed by atoms with E-state index < -0.39 is 9.84 Å². The molecule has 0 atom stereocenters. The second-order valence-corrected chi connectivity index (χ2v) is 6.48. The van der Waals surface area contributed by atoms with Crippen molar-refractivity contribution < 1.29 is 22.3 Å². The Balaban J connectivity index is 2.02. The van der Waals surface area contributed by atoms with Crippen LogP contribution in [0.3, 0.4) is 0 Å². The van der Waals surface area contributed by atoms with Crippen LogP contribution in [0.15, 0.2) is 53.4 Å². The molecule has 0 fully saturated rings. The lowest BCUT2D eigenvalue weighted by atomic mass is 10.1. The molecule has 0 aliphatic heterocycles. The van der Waals surface area contributed by atoms with Crippen molar-refractivity contribution >= 4 is 15.6 Å². The third kappa shape index (κ3) is 4.13. The van der Waals surface area contributed by atoms with Crippen LogP contribution in [0.1, 0.15) is 10.4 Å². The van der Waals surface area contributed by atoms with Crippen LogP contribution in [0.25, 0.3) is 0 Å². The highest BCUT2D eigenvalue weighted by Gasteiger charge is 2.10. The van der Waals surface area contributed by atoms with E-state index in [9.17, 15) is 17.6 Å². The van der Waals surface area contributed by atoms with Gasteiger partial charge >= 0.3 is 0 Å². The van der Waals surface area contributed by atoms with Gasteiger partial charge in [-0.05, 0) is 48.5 Å². The van der Waals surface area contributed by atoms with Crippen LogP contribution < -0.4 is 4.74 Å². The normalized spacial score (nSPS) is 11.1. The molecular formula is C15H13FO4S. The molecule has 0 aliphatic carbocycles. The summed E-state index contributed by atoms with van der Waals surface area (Å²) in [7, 11) is -3.28. The molecule has 0 amide bonds. The van der Waals surface area contributed by atoms with Crippen molar-refractivity contribution in [2.75, 3.05) is 12.9 Å². The van der Waals surface area contributed by atoms with E-state index in [2.05, 4.69) is 0 Å². The number of carbonyl (C=O) groups is 1. The minimum Gasteiger partial charge on any atom is -0.485 e. The van der Waals surface area contributed by atoms with Gasteiger partial charge in [0.1, 0.15) is 11.6 Å². The number of halogens is 1. The smallest absolute Gasteiger partial charge is 0.200 e. The summed E-state index contributed by atoms with van der Waals surface area (Å²) in [4.78, 5) is 12.0. The van der Waals surface area contributed by atoms with Crippen LogP contribution in [0.5, 0.6) is 5.75 Å². The molecule has 0 bridgehead atoms. The summed E-state index contributed by atoms with van der Waals surface area (Å²) in [5.74, 6) is -0.290. The van der Waals surface area contributed by atoms with Crippen molar-refractivity contribution in [1.82, 2.24) is 0 Å². The van der Waals surface area contributed by atoms with Crippen molar-refractivity contribution in [2.45, 2.75) is 4.90 Å². The largest absolute Gasteiger partial charge is 0.485 e. The van der Waals surface area contributed by atoms with Gasteiger partial charge in [-0.1, -0.05) is 0 Å². The van der Waals surface area contributed by atoms with Crippen LogP contribution in [-0.4, -0.2) is 27.1 Å². The lowest BCUT2D eigenvalue weighted by molar-refractivity contribution is 0.0921. The zero-order valence-electron chi connectivity index (χ0n) is 11.2. The Morgan fingerprint density at radius 1 is 1.05 bits per heavy atom. The summed E-state index contributed by atoms with van der Waals surface area (Å²) in [5.41, 5.74) is 0.351. The Morgan fingerprint density at radius 2 is 1.62 bits per heavy atom. The van der Waals surface area contributed by atoms with Gasteiger partial charge in [-0.25, -0.2) is 12.8 Å². The summed E-state index contributed by atoms with van der Waals surface area (Å²) in [6.07, 6.45) is 1.10. The van der Waals surface area contributed by atoms with E-state index in [0.717, 1.165) is 6.26 Å². The third-order valence-electron chi connectivity index (χ3n) is 2.79. The fraction of sp³-hybridized carbons (Fsp3) is 0.133. The molecule has 0 aromatic heterocycles. The average molecular weight is 308 g/mol. The van der Waals surface area contributed by atoms with Crippen LogP contribution in [0, 0.1) is 5.82 Å². The van der Waals surface area contributed by atoms with E-state index in [-0.39, 0.29) is 23.1 Å². The molecule has 0 aliphatic rings. The molecule has 6 heteroatoms. The lowest BCUT2D eigenvalue weighted by Gasteiger charge is -2.06. The van der Waals surface area contributed by atoms with Gasteiger partial charge < -0.3 is 4.74 Å². The van der Waals surface area contributed by atoms with E-state index in [0.29, 0.717) is 11.3 Å². The van der Waals surface area contributed by atoms with E-state index in [1.807, 2.05) is 0 Å². The van der Waals surface area contributed by atoms with Crippen molar-refractivity contribution in [1.29, 1.82) is 0 Å². The number of rotatable bonds is 5. The molecular weight excluding hydrogens is 295 g/mol. The Kier molecular flexibility index (Phi) is 4.37. The first kappa shape index (κ1) is 15.2. The van der Waals surface area contributed by atoms with Gasteiger partial charge in [-0.15, -0.1) is 0 Å². The molecule has 0 saturated heterocycles. The first-order chi connectivity index (χ1) is 9.86. The van der Waals surface area contributed by atoms with Gasteiger partial charge in [0.15, 0.2) is 22.2 Å². The topological polar surface area (TPSA) is 60.4 Å². The van der Waals surface area contributed by atoms with Crippen molar-refractivity contribution in [3.63, 3.8) is 0 Å². The van der Waals surface area contributed by atoms with Crippen molar-refractivity contribution in [2.24, 2.45) is 0 Å². The molecule has 2 aromatic rings. The molecule has 0 heterocycles. The number of sulfone groups is 1. The SMILES string of the molecule is CS(=O)(=O)c1ccc(C(=O)COc2ccc(F)cc2)cc1. The Morgan fingerprint density at radius 3 is 2.14 bits per heavy atom. The van der Waals surface area contributed by atoms with Crippen LogP contribution in [0.4, 0.5) is 4.39 Å². The first-order valence-electron chi connectivity index (χ1n) is 6.08. The maximum Gasteiger partial charge on any atom is 0.200 e. The van der Waals surface area contributed by atoms with Crippen LogP contribution in [-0.2, 0) is 9.84 Å². The third-order valence-corrected chi connectivity index (χ3v) is 3.92. The molecule has 0 unspecified atom stereocenters. The standard InChI is InChI=1S/C15H13FO4S/c1-21(18,19)14-8-2-11(3-9-14)15(17)10-20-13-6-4-12(16)5-7-13/h2-9H,10H2,1H3. The van der Waals surface area contributed by atoms with E-state index >= 15 is 0 Å². The molecule has 2 aromatic carbocycles. The fourth-order valence-corrected chi connectivity index (χ4v) is 2.28. The van der Waals surface area contributed by atoms with E-state index in [1.165, 1.54) is 48.5 Å². The molecule has 0 spiro atoms. The molecule has 4 nitrogen and oxygen atoms in total. The Labute approximate surface area is 122 Å². The fourth-order valence-electron chi connectivity index (χ4n) is 1.65. The molecule has 110 valence electrons. The van der Waals surface area contributed by atoms with Crippen LogP contribution >= 0.6 is 0 Å². The van der Waals surface area contributed by atoms with E-state index in [1.54, 1.807) is 0 Å². The number of hydrogen-bond donors (Lipinski definition) is 0.